The summed E-state index contributed by atoms with van der Waals surface area (Å²) in [4.78, 5) is 26.5. The summed E-state index contributed by atoms with van der Waals surface area (Å²) in [6, 6.07) is 4.93. The minimum atomic E-state index is -0.400. The van der Waals surface area contributed by atoms with E-state index in [0.29, 0.717) is 29.3 Å². The molecule has 1 aromatic carbocycles. The molecule has 5 nitrogen and oxygen atoms in total. The van der Waals surface area contributed by atoms with Crippen LogP contribution in [-0.4, -0.2) is 43.0 Å². The average Bonchev–Trinajstić information content (AvgIpc) is 2.59. The first-order valence-electron chi connectivity index (χ1n) is 7.75. The summed E-state index contributed by atoms with van der Waals surface area (Å²) in [5.74, 6) is 0.468. The van der Waals surface area contributed by atoms with E-state index in [9.17, 15) is 9.59 Å². The molecule has 2 amide bonds. The molecule has 6 heteroatoms. The summed E-state index contributed by atoms with van der Waals surface area (Å²) >= 11 is 6.00. The zero-order chi connectivity index (χ0) is 16.4. The molecule has 0 bridgehead atoms. The summed E-state index contributed by atoms with van der Waals surface area (Å²) in [7, 11) is 1.60. The molecule has 2 heterocycles. The Balaban J connectivity index is 1.86. The van der Waals surface area contributed by atoms with Crippen LogP contribution in [0.15, 0.2) is 23.8 Å². The van der Waals surface area contributed by atoms with Gasteiger partial charge in [0.05, 0.1) is 5.57 Å². The van der Waals surface area contributed by atoms with Crippen LogP contribution in [-0.2, 0) is 9.59 Å². The molecule has 1 saturated heterocycles. The Hall–Kier alpha value is -2.01. The molecule has 2 aliphatic heterocycles. The van der Waals surface area contributed by atoms with Gasteiger partial charge in [-0.1, -0.05) is 11.6 Å². The number of halogens is 1. The number of rotatable bonds is 2. The Morgan fingerprint density at radius 3 is 2.96 bits per heavy atom. The van der Waals surface area contributed by atoms with E-state index < -0.39 is 6.04 Å². The Labute approximate surface area is 140 Å². The van der Waals surface area contributed by atoms with E-state index in [2.05, 4.69) is 5.32 Å². The van der Waals surface area contributed by atoms with Crippen molar-refractivity contribution in [1.29, 1.82) is 0 Å². The van der Waals surface area contributed by atoms with Gasteiger partial charge < -0.3 is 15.0 Å². The van der Waals surface area contributed by atoms with Crippen molar-refractivity contribution in [1.82, 2.24) is 10.2 Å². The fourth-order valence-corrected chi connectivity index (χ4v) is 3.25. The SMILES string of the molecule is CNC(=O)[C@H]1CCCCN1C(=O)C1=Cc2cc(Cl)ccc2OC1. The second kappa shape index (κ2) is 6.62. The molecule has 0 spiro atoms. The largest absolute Gasteiger partial charge is 0.488 e. The van der Waals surface area contributed by atoms with Gasteiger partial charge in [0.25, 0.3) is 5.91 Å². The maximum absolute atomic E-state index is 12.8. The fraction of sp³-hybridized carbons (Fsp3) is 0.412. The average molecular weight is 335 g/mol. The van der Waals surface area contributed by atoms with Gasteiger partial charge in [0.1, 0.15) is 18.4 Å². The number of piperidine rings is 1. The maximum Gasteiger partial charge on any atom is 0.253 e. The molecule has 3 rings (SSSR count). The number of ether oxygens (including phenoxy) is 1. The third-order valence-electron chi connectivity index (χ3n) is 4.27. The number of amides is 2. The Bertz CT molecular complexity index is 672. The summed E-state index contributed by atoms with van der Waals surface area (Å²) < 4.78 is 5.65. The first-order chi connectivity index (χ1) is 11.1. The van der Waals surface area contributed by atoms with Crippen LogP contribution < -0.4 is 10.1 Å². The lowest BCUT2D eigenvalue weighted by atomic mass is 9.99. The van der Waals surface area contributed by atoms with E-state index in [1.54, 1.807) is 30.1 Å². The number of carbonyl (C=O) groups excluding carboxylic acids is 2. The van der Waals surface area contributed by atoms with Crippen molar-refractivity contribution in [2.75, 3.05) is 20.2 Å². The molecule has 0 unspecified atom stereocenters. The van der Waals surface area contributed by atoms with Crippen LogP contribution in [0.3, 0.4) is 0 Å². The second-order valence-electron chi connectivity index (χ2n) is 5.76. The lowest BCUT2D eigenvalue weighted by Gasteiger charge is -2.35. The normalized spacial score (nSPS) is 20.2. The smallest absolute Gasteiger partial charge is 0.253 e. The summed E-state index contributed by atoms with van der Waals surface area (Å²) in [5.41, 5.74) is 1.34. The number of hydrogen-bond acceptors (Lipinski definition) is 3. The van der Waals surface area contributed by atoms with E-state index in [0.717, 1.165) is 18.4 Å². The van der Waals surface area contributed by atoms with E-state index in [1.165, 1.54) is 0 Å². The van der Waals surface area contributed by atoms with Crippen LogP contribution in [0.4, 0.5) is 0 Å². The van der Waals surface area contributed by atoms with Crippen molar-refractivity contribution in [2.45, 2.75) is 25.3 Å². The Morgan fingerprint density at radius 1 is 1.35 bits per heavy atom. The van der Waals surface area contributed by atoms with Crippen LogP contribution >= 0.6 is 11.6 Å². The Kier molecular flexibility index (Phi) is 4.57. The quantitative estimate of drug-likeness (QED) is 0.902. The van der Waals surface area contributed by atoms with Crippen LogP contribution in [0, 0.1) is 0 Å². The van der Waals surface area contributed by atoms with Crippen molar-refractivity contribution in [2.24, 2.45) is 0 Å². The molecule has 1 fully saturated rings. The highest BCUT2D eigenvalue weighted by molar-refractivity contribution is 6.30. The number of benzene rings is 1. The van der Waals surface area contributed by atoms with Crippen molar-refractivity contribution in [3.63, 3.8) is 0 Å². The topological polar surface area (TPSA) is 58.6 Å². The van der Waals surface area contributed by atoms with Gasteiger partial charge >= 0.3 is 0 Å². The molecule has 23 heavy (non-hydrogen) atoms. The van der Waals surface area contributed by atoms with Gasteiger partial charge in [-0.05, 0) is 43.5 Å². The maximum atomic E-state index is 12.8. The van der Waals surface area contributed by atoms with Crippen LogP contribution in [0.2, 0.25) is 5.02 Å². The van der Waals surface area contributed by atoms with Crippen molar-refractivity contribution < 1.29 is 14.3 Å². The number of nitrogens with one attached hydrogen (secondary N) is 1. The highest BCUT2D eigenvalue weighted by Crippen LogP contribution is 2.30. The summed E-state index contributed by atoms with van der Waals surface area (Å²) in [5, 5.41) is 3.24. The van der Waals surface area contributed by atoms with Gasteiger partial charge in [0, 0.05) is 24.2 Å². The molecular formula is C17H19ClN2O3. The number of nitrogens with zero attached hydrogens (tertiary/aromatic N) is 1. The number of likely N-dealkylation sites (tertiary alicyclic amines) is 1. The molecule has 0 aromatic heterocycles. The third kappa shape index (κ3) is 3.20. The zero-order valence-electron chi connectivity index (χ0n) is 13.0. The van der Waals surface area contributed by atoms with E-state index in [-0.39, 0.29) is 18.4 Å². The monoisotopic (exact) mass is 334 g/mol. The molecule has 2 aliphatic rings. The third-order valence-corrected chi connectivity index (χ3v) is 4.51. The molecule has 0 aliphatic carbocycles. The van der Waals surface area contributed by atoms with Crippen LogP contribution in [0.5, 0.6) is 5.75 Å². The summed E-state index contributed by atoms with van der Waals surface area (Å²) in [6.07, 6.45) is 4.37. The van der Waals surface area contributed by atoms with Gasteiger partial charge in [-0.3, -0.25) is 9.59 Å². The van der Waals surface area contributed by atoms with Gasteiger partial charge in [-0.2, -0.15) is 0 Å². The van der Waals surface area contributed by atoms with Gasteiger partial charge in [-0.25, -0.2) is 0 Å². The van der Waals surface area contributed by atoms with Crippen LogP contribution in [0.1, 0.15) is 24.8 Å². The number of likely N-dealkylation sites (N-methyl/N-ethyl adjacent to an activating group) is 1. The minimum Gasteiger partial charge on any atom is -0.488 e. The molecule has 1 atom stereocenters. The standard InChI is InChI=1S/C17H19ClN2O3/c1-19-16(21)14-4-2-3-7-20(14)17(22)12-8-11-9-13(18)5-6-15(11)23-10-12/h5-6,8-9,14H,2-4,7,10H2,1H3,(H,19,21)/t14-/m1/s1. The lowest BCUT2D eigenvalue weighted by Crippen LogP contribution is -2.52. The second-order valence-corrected chi connectivity index (χ2v) is 6.20. The number of hydrogen-bond donors (Lipinski definition) is 1. The van der Waals surface area contributed by atoms with Crippen LogP contribution in [0.25, 0.3) is 6.08 Å². The first kappa shape index (κ1) is 15.9. The molecule has 1 N–H and O–H groups in total. The zero-order valence-corrected chi connectivity index (χ0v) is 13.7. The summed E-state index contributed by atoms with van der Waals surface area (Å²) in [6.45, 7) is 0.807. The highest BCUT2D eigenvalue weighted by Gasteiger charge is 2.33. The Morgan fingerprint density at radius 2 is 2.17 bits per heavy atom. The lowest BCUT2D eigenvalue weighted by molar-refractivity contribution is -0.139. The van der Waals surface area contributed by atoms with E-state index in [4.69, 9.17) is 16.3 Å². The van der Waals surface area contributed by atoms with Crippen molar-refractivity contribution in [3.8, 4) is 5.75 Å². The predicted molar refractivity (Wildman–Crippen MR) is 88.3 cm³/mol. The number of fused-ring (bicyclic) bond motifs is 1. The minimum absolute atomic E-state index is 0.112. The van der Waals surface area contributed by atoms with E-state index in [1.807, 2.05) is 6.08 Å². The first-order valence-corrected chi connectivity index (χ1v) is 8.13. The molecule has 1 aromatic rings. The van der Waals surface area contributed by atoms with Gasteiger partial charge in [-0.15, -0.1) is 0 Å². The van der Waals surface area contributed by atoms with Crippen molar-refractivity contribution >= 4 is 29.5 Å². The molecule has 122 valence electrons. The van der Waals surface area contributed by atoms with Crippen molar-refractivity contribution in [3.05, 3.63) is 34.4 Å². The highest BCUT2D eigenvalue weighted by atomic mass is 35.5. The molecular weight excluding hydrogens is 316 g/mol. The predicted octanol–water partition coefficient (Wildman–Crippen LogP) is 2.24. The van der Waals surface area contributed by atoms with Gasteiger partial charge in [0.15, 0.2) is 0 Å². The number of carbonyl (C=O) groups is 2. The van der Waals surface area contributed by atoms with Gasteiger partial charge in [0.2, 0.25) is 5.91 Å². The van der Waals surface area contributed by atoms with E-state index >= 15 is 0 Å². The molecule has 0 saturated carbocycles. The molecule has 0 radical (unpaired) electrons. The fourth-order valence-electron chi connectivity index (χ4n) is 3.07.